The maximum Gasteiger partial charge on any atom is 0.261 e. The van der Waals surface area contributed by atoms with E-state index in [4.69, 9.17) is 5.73 Å². The summed E-state index contributed by atoms with van der Waals surface area (Å²) in [5.74, 6) is 0.703. The van der Waals surface area contributed by atoms with Crippen LogP contribution in [0.1, 0.15) is 58.6 Å². The molecule has 1 fully saturated rings. The minimum absolute atomic E-state index is 0.0871. The fourth-order valence-corrected chi connectivity index (χ4v) is 4.22. The van der Waals surface area contributed by atoms with Crippen molar-refractivity contribution in [2.75, 3.05) is 6.54 Å². The van der Waals surface area contributed by atoms with Crippen LogP contribution in [0.5, 0.6) is 0 Å². The van der Waals surface area contributed by atoms with Gasteiger partial charge in [-0.1, -0.05) is 12.8 Å². The number of amides is 1. The first kappa shape index (κ1) is 14.1. The van der Waals surface area contributed by atoms with Crippen molar-refractivity contribution >= 4 is 17.2 Å². The van der Waals surface area contributed by atoms with E-state index in [9.17, 15) is 4.79 Å². The number of nitrogens with two attached hydrogens (primary N) is 1. The van der Waals surface area contributed by atoms with Crippen LogP contribution in [0, 0.1) is 5.92 Å². The maximum atomic E-state index is 12.4. The number of nitrogens with one attached hydrogen (secondary N) is 1. The molecule has 0 radical (unpaired) electrons. The first-order valence-corrected chi connectivity index (χ1v) is 8.72. The van der Waals surface area contributed by atoms with E-state index < -0.39 is 0 Å². The van der Waals surface area contributed by atoms with E-state index in [-0.39, 0.29) is 11.9 Å². The molecule has 1 heterocycles. The first-order valence-electron chi connectivity index (χ1n) is 7.90. The van der Waals surface area contributed by atoms with E-state index in [0.717, 1.165) is 17.7 Å². The Balaban J connectivity index is 1.69. The lowest BCUT2D eigenvalue weighted by Crippen LogP contribution is -2.41. The largest absolute Gasteiger partial charge is 0.347 e. The van der Waals surface area contributed by atoms with Gasteiger partial charge in [0.15, 0.2) is 0 Å². The Morgan fingerprint density at radius 3 is 2.75 bits per heavy atom. The molecule has 3 rings (SSSR count). The molecule has 0 aromatic carbocycles. The van der Waals surface area contributed by atoms with Gasteiger partial charge in [-0.15, -0.1) is 11.3 Å². The van der Waals surface area contributed by atoms with Crippen LogP contribution in [0.25, 0.3) is 0 Å². The first-order chi connectivity index (χ1) is 9.78. The monoisotopic (exact) mass is 292 g/mol. The molecule has 0 bridgehead atoms. The number of aryl methyl sites for hydroxylation is 2. The van der Waals surface area contributed by atoms with Crippen molar-refractivity contribution in [1.82, 2.24) is 5.32 Å². The van der Waals surface area contributed by atoms with E-state index in [2.05, 4.69) is 11.4 Å². The molecule has 0 aliphatic heterocycles. The highest BCUT2D eigenvalue weighted by Gasteiger charge is 2.31. The molecule has 3 N–H and O–H groups in total. The summed E-state index contributed by atoms with van der Waals surface area (Å²) in [6, 6.07) is 2.30. The second kappa shape index (κ2) is 6.27. The molecule has 3 nitrogen and oxygen atoms in total. The van der Waals surface area contributed by atoms with Crippen LogP contribution in [-0.4, -0.2) is 18.5 Å². The van der Waals surface area contributed by atoms with Crippen molar-refractivity contribution in [2.24, 2.45) is 11.7 Å². The minimum atomic E-state index is 0.0871. The van der Waals surface area contributed by atoms with Crippen molar-refractivity contribution in [3.63, 3.8) is 0 Å². The second-order valence-electron chi connectivity index (χ2n) is 6.13. The molecule has 20 heavy (non-hydrogen) atoms. The molecule has 1 atom stereocenters. The molecule has 1 unspecified atom stereocenters. The van der Waals surface area contributed by atoms with E-state index in [1.54, 1.807) is 11.3 Å². The van der Waals surface area contributed by atoms with Crippen molar-refractivity contribution < 1.29 is 4.79 Å². The number of carbonyl (C=O) groups excluding carboxylic acids is 1. The highest BCUT2D eigenvalue weighted by Crippen LogP contribution is 2.33. The third kappa shape index (κ3) is 3.23. The highest BCUT2D eigenvalue weighted by atomic mass is 32.1. The molecule has 4 heteroatoms. The lowest BCUT2D eigenvalue weighted by atomic mass is 10.00. The van der Waals surface area contributed by atoms with Crippen molar-refractivity contribution in [1.29, 1.82) is 0 Å². The van der Waals surface area contributed by atoms with E-state index in [0.29, 0.717) is 12.5 Å². The molecular weight excluding hydrogens is 268 g/mol. The molecule has 1 aromatic heterocycles. The van der Waals surface area contributed by atoms with Crippen LogP contribution < -0.4 is 11.1 Å². The average Bonchev–Trinajstić information content (AvgIpc) is 3.19. The van der Waals surface area contributed by atoms with Crippen LogP contribution in [0.3, 0.4) is 0 Å². The quantitative estimate of drug-likeness (QED) is 0.896. The van der Waals surface area contributed by atoms with Gasteiger partial charge in [0.05, 0.1) is 4.88 Å². The Bertz CT molecular complexity index is 453. The van der Waals surface area contributed by atoms with Crippen molar-refractivity contribution in [2.45, 2.75) is 57.4 Å². The van der Waals surface area contributed by atoms with E-state index in [1.165, 1.54) is 49.0 Å². The summed E-state index contributed by atoms with van der Waals surface area (Å²) in [6.07, 6.45) is 9.90. The zero-order valence-corrected chi connectivity index (χ0v) is 12.8. The van der Waals surface area contributed by atoms with E-state index in [1.807, 2.05) is 0 Å². The average molecular weight is 292 g/mol. The summed E-state index contributed by atoms with van der Waals surface area (Å²) in [4.78, 5) is 14.7. The Morgan fingerprint density at radius 2 is 2.05 bits per heavy atom. The van der Waals surface area contributed by atoms with Crippen molar-refractivity contribution in [3.8, 4) is 0 Å². The Labute approximate surface area is 124 Å². The third-order valence-electron chi connectivity index (χ3n) is 4.48. The van der Waals surface area contributed by atoms with Gasteiger partial charge >= 0.3 is 0 Å². The second-order valence-corrected chi connectivity index (χ2v) is 7.26. The number of thiophene rings is 1. The summed E-state index contributed by atoms with van der Waals surface area (Å²) >= 11 is 1.70. The predicted molar refractivity (Wildman–Crippen MR) is 83.2 cm³/mol. The van der Waals surface area contributed by atoms with E-state index >= 15 is 0 Å². The summed E-state index contributed by atoms with van der Waals surface area (Å²) in [6.45, 7) is 0.557. The van der Waals surface area contributed by atoms with Gasteiger partial charge in [-0.25, -0.2) is 0 Å². The lowest BCUT2D eigenvalue weighted by Gasteiger charge is -2.15. The van der Waals surface area contributed by atoms with Gasteiger partial charge in [-0.2, -0.15) is 0 Å². The summed E-state index contributed by atoms with van der Waals surface area (Å²) in [7, 11) is 0. The fraction of sp³-hybridized carbons (Fsp3) is 0.688. The molecule has 0 saturated heterocycles. The SMILES string of the molecule is NCC(NC(=O)c1cc2c(s1)CCCCCC2)C1CC1. The van der Waals surface area contributed by atoms with Gasteiger partial charge in [0, 0.05) is 17.5 Å². The summed E-state index contributed by atoms with van der Waals surface area (Å²) in [5, 5.41) is 3.13. The van der Waals surface area contributed by atoms with Crippen LogP contribution in [0.15, 0.2) is 6.07 Å². The smallest absolute Gasteiger partial charge is 0.261 e. The lowest BCUT2D eigenvalue weighted by molar-refractivity contribution is 0.0937. The van der Waals surface area contributed by atoms with Crippen LogP contribution in [0.4, 0.5) is 0 Å². The third-order valence-corrected chi connectivity index (χ3v) is 5.72. The molecule has 110 valence electrons. The Kier molecular flexibility index (Phi) is 4.41. The minimum Gasteiger partial charge on any atom is -0.347 e. The van der Waals surface area contributed by atoms with Crippen molar-refractivity contribution in [3.05, 3.63) is 21.4 Å². The van der Waals surface area contributed by atoms with Crippen LogP contribution in [0.2, 0.25) is 0 Å². The molecule has 0 spiro atoms. The molecule has 1 aromatic rings. The molecule has 2 aliphatic carbocycles. The van der Waals surface area contributed by atoms with Crippen LogP contribution >= 0.6 is 11.3 Å². The molecule has 1 saturated carbocycles. The number of hydrogen-bond acceptors (Lipinski definition) is 3. The van der Waals surface area contributed by atoms with Crippen LogP contribution in [-0.2, 0) is 12.8 Å². The zero-order valence-electron chi connectivity index (χ0n) is 12.0. The highest BCUT2D eigenvalue weighted by molar-refractivity contribution is 7.14. The van der Waals surface area contributed by atoms with Gasteiger partial charge in [0.2, 0.25) is 0 Å². The topological polar surface area (TPSA) is 55.1 Å². The zero-order chi connectivity index (χ0) is 13.9. The summed E-state index contributed by atoms with van der Waals surface area (Å²) < 4.78 is 0. The fourth-order valence-electron chi connectivity index (χ4n) is 3.06. The van der Waals surface area contributed by atoms with Gasteiger partial charge in [-0.05, 0) is 56.1 Å². The summed E-state index contributed by atoms with van der Waals surface area (Å²) in [5.41, 5.74) is 7.18. The molecular formula is C16H24N2OS. The van der Waals surface area contributed by atoms with Gasteiger partial charge in [0.1, 0.15) is 0 Å². The van der Waals surface area contributed by atoms with Gasteiger partial charge < -0.3 is 11.1 Å². The number of hydrogen-bond donors (Lipinski definition) is 2. The Morgan fingerprint density at radius 1 is 1.30 bits per heavy atom. The predicted octanol–water partition coefficient (Wildman–Crippen LogP) is 2.87. The molecule has 1 amide bonds. The number of carbonyl (C=O) groups is 1. The number of fused-ring (bicyclic) bond motifs is 1. The molecule has 2 aliphatic rings. The van der Waals surface area contributed by atoms with Gasteiger partial charge in [0.25, 0.3) is 5.91 Å². The van der Waals surface area contributed by atoms with Gasteiger partial charge in [-0.3, -0.25) is 4.79 Å². The maximum absolute atomic E-state index is 12.4. The number of rotatable bonds is 4. The normalized spacial score (nSPS) is 20.6. The standard InChI is InChI=1S/C16H24N2OS/c17-10-13(11-7-8-11)18-16(19)15-9-12-5-3-1-2-4-6-14(12)20-15/h9,11,13H,1-8,10,17H2,(H,18,19). The Hall–Kier alpha value is -0.870.